The summed E-state index contributed by atoms with van der Waals surface area (Å²) < 4.78 is 11.0. The molecule has 0 atom stereocenters. The number of hydrazone groups is 1. The van der Waals surface area contributed by atoms with Crippen LogP contribution >= 0.6 is 34.8 Å². The molecule has 0 unspecified atom stereocenters. The molecule has 0 saturated carbocycles. The number of hydrogen-bond donors (Lipinski definition) is 1. The average molecular weight is 457 g/mol. The van der Waals surface area contributed by atoms with Crippen molar-refractivity contribution >= 4 is 46.9 Å². The van der Waals surface area contributed by atoms with Crippen LogP contribution in [0.15, 0.2) is 41.5 Å². The molecule has 1 heterocycles. The number of nitrogens with one attached hydrogen (secondary N) is 1. The van der Waals surface area contributed by atoms with E-state index in [1.807, 2.05) is 17.0 Å². The number of halogens is 3. The lowest BCUT2D eigenvalue weighted by atomic mass is 10.2. The molecule has 0 bridgehead atoms. The maximum Gasteiger partial charge on any atom is 0.254 e. The Morgan fingerprint density at radius 1 is 1.14 bits per heavy atom. The number of rotatable bonds is 7. The van der Waals surface area contributed by atoms with E-state index in [1.54, 1.807) is 24.3 Å². The molecule has 0 spiro atoms. The largest absolute Gasteiger partial charge is 0.486 e. The number of amides is 1. The van der Waals surface area contributed by atoms with Gasteiger partial charge in [0.25, 0.3) is 5.91 Å². The van der Waals surface area contributed by atoms with Gasteiger partial charge in [0.2, 0.25) is 0 Å². The molecule has 3 rings (SSSR count). The molecule has 1 aliphatic rings. The average Bonchev–Trinajstić information content (AvgIpc) is 2.69. The first-order valence-electron chi connectivity index (χ1n) is 8.99. The van der Waals surface area contributed by atoms with Crippen LogP contribution in [0.3, 0.4) is 0 Å². The van der Waals surface area contributed by atoms with Crippen LogP contribution in [-0.2, 0) is 16.1 Å². The third-order valence-corrected chi connectivity index (χ3v) is 5.00. The molecular formula is C20H20Cl3N3O3. The van der Waals surface area contributed by atoms with Gasteiger partial charge in [-0.2, -0.15) is 5.10 Å². The van der Waals surface area contributed by atoms with E-state index in [0.717, 1.165) is 18.7 Å². The first-order chi connectivity index (χ1) is 14.0. The minimum absolute atomic E-state index is 0.191. The van der Waals surface area contributed by atoms with E-state index in [2.05, 4.69) is 10.5 Å². The molecule has 1 fully saturated rings. The molecule has 0 aromatic heterocycles. The lowest BCUT2D eigenvalue weighted by molar-refractivity contribution is -0.123. The third-order valence-electron chi connectivity index (χ3n) is 4.19. The Kier molecular flexibility index (Phi) is 8.15. The number of carbonyl (C=O) groups is 1. The molecule has 1 saturated heterocycles. The van der Waals surface area contributed by atoms with Gasteiger partial charge in [0, 0.05) is 18.1 Å². The fourth-order valence-corrected chi connectivity index (χ4v) is 3.44. The Morgan fingerprint density at radius 3 is 2.45 bits per heavy atom. The normalized spacial score (nSPS) is 14.9. The molecule has 0 radical (unpaired) electrons. The summed E-state index contributed by atoms with van der Waals surface area (Å²) in [6, 6.07) is 10.6. The number of nitrogens with zero attached hydrogens (tertiary/aromatic N) is 2. The maximum atomic E-state index is 11.9. The Morgan fingerprint density at radius 2 is 1.79 bits per heavy atom. The molecule has 2 aromatic rings. The van der Waals surface area contributed by atoms with E-state index in [0.29, 0.717) is 46.2 Å². The van der Waals surface area contributed by atoms with Gasteiger partial charge in [-0.3, -0.25) is 9.69 Å². The summed E-state index contributed by atoms with van der Waals surface area (Å²) in [5, 5.41) is 5.33. The molecule has 1 aliphatic heterocycles. The fourth-order valence-electron chi connectivity index (χ4n) is 2.70. The fraction of sp³-hybridized carbons (Fsp3) is 0.300. The molecular weight excluding hydrogens is 437 g/mol. The Bertz CT molecular complexity index is 846. The van der Waals surface area contributed by atoms with Crippen molar-refractivity contribution < 1.29 is 14.3 Å². The van der Waals surface area contributed by atoms with Gasteiger partial charge in [0.05, 0.1) is 36.0 Å². The van der Waals surface area contributed by atoms with Gasteiger partial charge >= 0.3 is 0 Å². The Balaban J connectivity index is 1.54. The summed E-state index contributed by atoms with van der Waals surface area (Å²) in [7, 11) is 0. The molecule has 0 aliphatic carbocycles. The zero-order chi connectivity index (χ0) is 20.6. The number of benzene rings is 2. The quantitative estimate of drug-likeness (QED) is 0.505. The monoisotopic (exact) mass is 455 g/mol. The highest BCUT2D eigenvalue weighted by Gasteiger charge is 2.14. The minimum Gasteiger partial charge on any atom is -0.486 e. The van der Waals surface area contributed by atoms with E-state index >= 15 is 0 Å². The van der Waals surface area contributed by atoms with Crippen molar-refractivity contribution in [1.82, 2.24) is 10.3 Å². The summed E-state index contributed by atoms with van der Waals surface area (Å²) in [6.07, 6.45) is 1.48. The van der Waals surface area contributed by atoms with Crippen LogP contribution in [0.25, 0.3) is 0 Å². The van der Waals surface area contributed by atoms with E-state index in [9.17, 15) is 4.79 Å². The first-order valence-corrected chi connectivity index (χ1v) is 10.1. The van der Waals surface area contributed by atoms with Crippen LogP contribution < -0.4 is 10.2 Å². The highest BCUT2D eigenvalue weighted by atomic mass is 35.5. The number of morpholine rings is 1. The number of ether oxygens (including phenoxy) is 2. The summed E-state index contributed by atoms with van der Waals surface area (Å²) in [5.74, 6) is 0.194. The van der Waals surface area contributed by atoms with E-state index in [4.69, 9.17) is 44.3 Å². The Hall–Kier alpha value is -1.83. The van der Waals surface area contributed by atoms with Crippen LogP contribution in [0, 0.1) is 0 Å². The number of hydrogen-bond acceptors (Lipinski definition) is 5. The topological polar surface area (TPSA) is 63.2 Å². The second kappa shape index (κ2) is 10.8. The first kappa shape index (κ1) is 21.9. The van der Waals surface area contributed by atoms with Crippen LogP contribution in [0.2, 0.25) is 15.1 Å². The van der Waals surface area contributed by atoms with Crippen LogP contribution in [0.1, 0.15) is 11.1 Å². The van der Waals surface area contributed by atoms with Crippen molar-refractivity contribution in [2.75, 3.05) is 32.8 Å². The van der Waals surface area contributed by atoms with Crippen molar-refractivity contribution in [3.05, 3.63) is 62.6 Å². The van der Waals surface area contributed by atoms with Crippen molar-refractivity contribution in [2.24, 2.45) is 5.10 Å². The smallest absolute Gasteiger partial charge is 0.254 e. The molecule has 9 heteroatoms. The summed E-state index contributed by atoms with van der Waals surface area (Å²) in [4.78, 5) is 14.0. The summed E-state index contributed by atoms with van der Waals surface area (Å²) in [6.45, 7) is 3.33. The molecule has 2 aromatic carbocycles. The molecule has 29 heavy (non-hydrogen) atoms. The van der Waals surface area contributed by atoms with Crippen molar-refractivity contribution in [3.63, 3.8) is 0 Å². The predicted molar refractivity (Wildman–Crippen MR) is 115 cm³/mol. The molecule has 1 N–H and O–H groups in total. The van der Waals surface area contributed by atoms with Gasteiger partial charge in [0.15, 0.2) is 5.75 Å². The maximum absolute atomic E-state index is 11.9. The standard InChI is InChI=1S/C20H20Cl3N3O3/c21-16-3-1-14(2-4-16)13-29-20-17(22)9-15(10-18(20)23)11-24-25-19(27)12-26-5-7-28-8-6-26/h1-4,9-11H,5-8,12-13H2,(H,25,27). The highest BCUT2D eigenvalue weighted by molar-refractivity contribution is 6.37. The lowest BCUT2D eigenvalue weighted by Crippen LogP contribution is -2.42. The minimum atomic E-state index is -0.191. The second-order valence-corrected chi connectivity index (χ2v) is 7.66. The van der Waals surface area contributed by atoms with Crippen molar-refractivity contribution in [1.29, 1.82) is 0 Å². The van der Waals surface area contributed by atoms with Crippen molar-refractivity contribution in [2.45, 2.75) is 6.61 Å². The van der Waals surface area contributed by atoms with Crippen molar-refractivity contribution in [3.8, 4) is 5.75 Å². The van der Waals surface area contributed by atoms with Crippen LogP contribution in [0.5, 0.6) is 5.75 Å². The zero-order valence-corrected chi connectivity index (χ0v) is 17.8. The molecule has 1 amide bonds. The lowest BCUT2D eigenvalue weighted by Gasteiger charge is -2.25. The van der Waals surface area contributed by atoms with Gasteiger partial charge in [-0.1, -0.05) is 46.9 Å². The molecule has 154 valence electrons. The summed E-state index contributed by atoms with van der Waals surface area (Å²) in [5.41, 5.74) is 4.09. The Labute approximate surface area is 184 Å². The van der Waals surface area contributed by atoms with Crippen LogP contribution in [0.4, 0.5) is 0 Å². The SMILES string of the molecule is O=C(CN1CCOCC1)NN=Cc1cc(Cl)c(OCc2ccc(Cl)cc2)c(Cl)c1. The predicted octanol–water partition coefficient (Wildman–Crippen LogP) is 4.01. The molecule has 6 nitrogen and oxygen atoms in total. The van der Waals surface area contributed by atoms with Gasteiger partial charge in [-0.05, 0) is 35.4 Å². The van der Waals surface area contributed by atoms with Gasteiger partial charge in [0.1, 0.15) is 6.61 Å². The number of carbonyl (C=O) groups excluding carboxylic acids is 1. The van der Waals surface area contributed by atoms with E-state index in [1.165, 1.54) is 6.21 Å². The highest BCUT2D eigenvalue weighted by Crippen LogP contribution is 2.34. The zero-order valence-electron chi connectivity index (χ0n) is 15.5. The van der Waals surface area contributed by atoms with Crippen LogP contribution in [-0.4, -0.2) is 49.9 Å². The van der Waals surface area contributed by atoms with Gasteiger partial charge in [-0.25, -0.2) is 5.43 Å². The van der Waals surface area contributed by atoms with E-state index < -0.39 is 0 Å². The second-order valence-electron chi connectivity index (χ2n) is 6.41. The third kappa shape index (κ3) is 6.87. The van der Waals surface area contributed by atoms with Gasteiger partial charge in [-0.15, -0.1) is 0 Å². The summed E-state index contributed by atoms with van der Waals surface area (Å²) >= 11 is 18.5. The van der Waals surface area contributed by atoms with E-state index in [-0.39, 0.29) is 12.5 Å². The van der Waals surface area contributed by atoms with Gasteiger partial charge < -0.3 is 9.47 Å².